The van der Waals surface area contributed by atoms with E-state index in [0.29, 0.717) is 45.1 Å². The number of carbonyl (C=O) groups excluding carboxylic acids is 2. The minimum absolute atomic E-state index is 0.0620. The number of halogens is 1. The molecule has 2 saturated heterocycles. The van der Waals surface area contributed by atoms with Crippen LogP contribution in [0.1, 0.15) is 50.3 Å². The minimum Gasteiger partial charge on any atom is -0.433 e. The molecule has 2 aromatic rings. The van der Waals surface area contributed by atoms with Crippen molar-refractivity contribution in [2.75, 3.05) is 6.54 Å². The maximum Gasteiger partial charge on any atom is 0.308 e. The lowest BCUT2D eigenvalue weighted by Crippen LogP contribution is -2.57. The van der Waals surface area contributed by atoms with Crippen LogP contribution in [0.25, 0.3) is 10.1 Å². The van der Waals surface area contributed by atoms with Gasteiger partial charge in [0.25, 0.3) is 0 Å². The number of nitrogens with zero attached hydrogens (tertiary/aromatic N) is 1. The van der Waals surface area contributed by atoms with Crippen molar-refractivity contribution in [3.8, 4) is 0 Å². The third kappa shape index (κ3) is 8.16. The highest BCUT2D eigenvalue weighted by Gasteiger charge is 2.43. The fraction of sp³-hybridized carbons (Fsp3) is 0.533. The molecule has 0 aliphatic carbocycles. The Balaban J connectivity index is 1.16. The van der Waals surface area contributed by atoms with Crippen molar-refractivity contribution in [3.05, 3.63) is 58.5 Å². The van der Waals surface area contributed by atoms with E-state index in [1.165, 1.54) is 6.92 Å². The van der Waals surface area contributed by atoms with Gasteiger partial charge in [0.2, 0.25) is 12.2 Å². The van der Waals surface area contributed by atoms with Gasteiger partial charge in [-0.15, -0.1) is 11.3 Å². The molecule has 0 bridgehead atoms. The predicted molar refractivity (Wildman–Crippen MR) is 156 cm³/mol. The van der Waals surface area contributed by atoms with E-state index in [2.05, 4.69) is 0 Å². The van der Waals surface area contributed by atoms with Crippen LogP contribution in [0.15, 0.2) is 48.6 Å². The number of hydrogen-bond donors (Lipinski definition) is 4. The van der Waals surface area contributed by atoms with Crippen molar-refractivity contribution >= 4 is 44.9 Å². The van der Waals surface area contributed by atoms with Gasteiger partial charge in [-0.25, -0.2) is 0 Å². The van der Waals surface area contributed by atoms with Gasteiger partial charge in [0.05, 0.1) is 23.3 Å². The van der Waals surface area contributed by atoms with Crippen molar-refractivity contribution in [2.45, 2.75) is 94.7 Å². The number of amides is 1. The molecule has 2 aliphatic rings. The quantitative estimate of drug-likeness (QED) is 0.164. The molecule has 2 unspecified atom stereocenters. The molecule has 0 saturated carbocycles. The zero-order chi connectivity index (χ0) is 29.5. The number of aliphatic hydroxyl groups excluding tert-OH is 4. The molecule has 0 spiro atoms. The summed E-state index contributed by atoms with van der Waals surface area (Å²) in [6, 6.07) is 7.91. The van der Waals surface area contributed by atoms with Gasteiger partial charge in [0, 0.05) is 34.3 Å². The lowest BCUT2D eigenvalue weighted by atomic mass is 10.00. The van der Waals surface area contributed by atoms with Crippen LogP contribution in [0.3, 0.4) is 0 Å². The Morgan fingerprint density at radius 1 is 1.22 bits per heavy atom. The molecule has 2 fully saturated rings. The smallest absolute Gasteiger partial charge is 0.308 e. The third-order valence-electron chi connectivity index (χ3n) is 7.48. The zero-order valence-electron chi connectivity index (χ0n) is 23.0. The zero-order valence-corrected chi connectivity index (χ0v) is 24.5. The van der Waals surface area contributed by atoms with Gasteiger partial charge in [0.15, 0.2) is 0 Å². The molecule has 1 aromatic carbocycles. The van der Waals surface area contributed by atoms with Crippen LogP contribution in [0.2, 0.25) is 5.02 Å². The highest BCUT2D eigenvalue weighted by atomic mass is 35.5. The van der Waals surface area contributed by atoms with Crippen LogP contribution < -0.4 is 0 Å². The average molecular weight is 608 g/mol. The van der Waals surface area contributed by atoms with E-state index in [1.807, 2.05) is 42.5 Å². The van der Waals surface area contributed by atoms with Crippen molar-refractivity contribution in [1.82, 2.24) is 4.90 Å². The van der Waals surface area contributed by atoms with Crippen molar-refractivity contribution in [2.24, 2.45) is 0 Å². The number of carbonyl (C=O) groups is 2. The van der Waals surface area contributed by atoms with Crippen molar-refractivity contribution in [1.29, 1.82) is 0 Å². The average Bonchev–Trinajstić information content (AvgIpc) is 3.48. The summed E-state index contributed by atoms with van der Waals surface area (Å²) in [4.78, 5) is 27.4. The summed E-state index contributed by atoms with van der Waals surface area (Å²) in [6.45, 7) is 1.95. The van der Waals surface area contributed by atoms with Crippen LogP contribution in [-0.2, 0) is 25.5 Å². The Kier molecular flexibility index (Phi) is 11.4. The van der Waals surface area contributed by atoms with Crippen LogP contribution in [-0.4, -0.2) is 86.6 Å². The fourth-order valence-corrected chi connectivity index (χ4v) is 6.56. The molecule has 9 nitrogen and oxygen atoms in total. The summed E-state index contributed by atoms with van der Waals surface area (Å²) < 4.78 is 11.5. The number of benzene rings is 1. The highest BCUT2D eigenvalue weighted by molar-refractivity contribution is 7.19. The summed E-state index contributed by atoms with van der Waals surface area (Å²) >= 11 is 8.17. The molecular formula is C30H38ClNO8S. The predicted octanol–water partition coefficient (Wildman–Crippen LogP) is 3.49. The second kappa shape index (κ2) is 14.7. The summed E-state index contributed by atoms with van der Waals surface area (Å²) in [7, 11) is 0. The number of esters is 1. The molecule has 3 heterocycles. The van der Waals surface area contributed by atoms with E-state index in [-0.39, 0.29) is 18.4 Å². The van der Waals surface area contributed by atoms with Crippen molar-refractivity contribution < 1.29 is 39.5 Å². The second-order valence-electron chi connectivity index (χ2n) is 10.5. The first-order valence-electron chi connectivity index (χ1n) is 14.0. The van der Waals surface area contributed by atoms with E-state index in [1.54, 1.807) is 22.3 Å². The Bertz CT molecular complexity index is 1250. The topological polar surface area (TPSA) is 137 Å². The summed E-state index contributed by atoms with van der Waals surface area (Å²) in [6.07, 6.45) is 4.01. The number of likely N-dealkylation sites (tertiary alicyclic amines) is 1. The molecule has 1 amide bonds. The van der Waals surface area contributed by atoms with Gasteiger partial charge >= 0.3 is 5.97 Å². The maximum absolute atomic E-state index is 12.4. The van der Waals surface area contributed by atoms with E-state index in [4.69, 9.17) is 21.1 Å². The number of rotatable bonds is 12. The molecule has 0 radical (unpaired) electrons. The first kappa shape index (κ1) is 31.6. The van der Waals surface area contributed by atoms with E-state index in [9.17, 15) is 30.0 Å². The first-order valence-corrected chi connectivity index (χ1v) is 15.2. The maximum atomic E-state index is 12.4. The molecule has 4 rings (SSSR count). The van der Waals surface area contributed by atoms with E-state index in [0.717, 1.165) is 20.0 Å². The van der Waals surface area contributed by atoms with Crippen LogP contribution in [0.5, 0.6) is 0 Å². The number of aryl methyl sites for hydroxylation is 1. The summed E-state index contributed by atoms with van der Waals surface area (Å²) in [5.41, 5.74) is 0. The Morgan fingerprint density at radius 2 is 2.00 bits per heavy atom. The number of thiophene rings is 1. The monoisotopic (exact) mass is 607 g/mol. The normalized spacial score (nSPS) is 27.9. The van der Waals surface area contributed by atoms with Crippen LogP contribution >= 0.6 is 22.9 Å². The van der Waals surface area contributed by atoms with Gasteiger partial charge < -0.3 is 34.8 Å². The molecule has 4 N–H and O–H groups in total. The largest absolute Gasteiger partial charge is 0.433 e. The summed E-state index contributed by atoms with van der Waals surface area (Å²) in [5, 5.41) is 41.8. The van der Waals surface area contributed by atoms with Crippen molar-refractivity contribution in [3.63, 3.8) is 0 Å². The molecule has 1 aromatic heterocycles. The highest BCUT2D eigenvalue weighted by Crippen LogP contribution is 2.36. The standard InChI is InChI=1S/C30H38ClNO8S/c1-18-27(36)28(37)29(38)30(39-18)40-25(35)10-4-2-3-7-17-32-19(12-16-24(32)34)11-13-20(33)14-15-23-26(31)21-8-5-6-9-22(21)41-23/h3,5-9,11,13,18-20,27-30,33,36-38H,2,4,10,12,14-17H2,1H3/b7-3-,13-11+/t18-,19+,20?,27-,28+,29-,30?/m1/s1. The number of unbranched alkanes of at least 4 members (excludes halogenated alkanes) is 1. The molecule has 11 heteroatoms. The Hall–Kier alpha value is -2.31. The van der Waals surface area contributed by atoms with Gasteiger partial charge in [-0.1, -0.05) is 54.1 Å². The molecule has 2 aliphatic heterocycles. The van der Waals surface area contributed by atoms with Gasteiger partial charge in [-0.3, -0.25) is 9.59 Å². The SMILES string of the molecule is C[C@H]1OC(OC(=O)CCC/C=C\CN2C(=O)CC[C@@H]2/C=C/C(O)CCc2sc3ccccc3c2Cl)[C@H](O)[C@@H](O)[C@@H]1O. The number of allylic oxidation sites excluding steroid dienone is 1. The molecular weight excluding hydrogens is 570 g/mol. The second-order valence-corrected chi connectivity index (χ2v) is 12.0. The molecule has 224 valence electrons. The number of hydrogen-bond acceptors (Lipinski definition) is 9. The Labute approximate surface area is 248 Å². The van der Waals surface area contributed by atoms with Gasteiger partial charge in [-0.2, -0.15) is 0 Å². The minimum atomic E-state index is -1.52. The number of ether oxygens (including phenoxy) is 2. The van der Waals surface area contributed by atoms with Gasteiger partial charge in [-0.05, 0) is 45.1 Å². The first-order chi connectivity index (χ1) is 19.7. The number of fused-ring (bicyclic) bond motifs is 1. The third-order valence-corrected chi connectivity index (χ3v) is 9.25. The lowest BCUT2D eigenvalue weighted by molar-refractivity contribution is -0.284. The lowest BCUT2D eigenvalue weighted by Gasteiger charge is -2.38. The van der Waals surface area contributed by atoms with Gasteiger partial charge in [0.1, 0.15) is 18.3 Å². The van der Waals surface area contributed by atoms with Crippen LogP contribution in [0, 0.1) is 0 Å². The van der Waals surface area contributed by atoms with E-state index < -0.39 is 42.8 Å². The van der Waals surface area contributed by atoms with Crippen LogP contribution in [0.4, 0.5) is 0 Å². The fourth-order valence-electron chi connectivity index (χ4n) is 5.02. The number of aliphatic hydroxyl groups is 4. The summed E-state index contributed by atoms with van der Waals surface area (Å²) in [5.74, 6) is -0.515. The van der Waals surface area contributed by atoms with E-state index >= 15 is 0 Å². The molecule has 7 atom stereocenters. The Morgan fingerprint density at radius 3 is 2.78 bits per heavy atom. The molecule has 41 heavy (non-hydrogen) atoms.